The molecule has 0 aliphatic heterocycles. The van der Waals surface area contributed by atoms with Gasteiger partial charge in [-0.1, -0.05) is 48.5 Å². The fourth-order valence-electron chi connectivity index (χ4n) is 4.06. The third-order valence-electron chi connectivity index (χ3n) is 5.24. The Balaban J connectivity index is 1.57. The molecule has 0 bridgehead atoms. The molecule has 0 amide bonds. The van der Waals surface area contributed by atoms with E-state index in [0.717, 1.165) is 24.4 Å². The Kier molecular flexibility index (Phi) is 3.89. The summed E-state index contributed by atoms with van der Waals surface area (Å²) in [6.07, 6.45) is 6.46. The van der Waals surface area contributed by atoms with Crippen LogP contribution in [0.3, 0.4) is 0 Å². The maximum Gasteiger partial charge on any atom is 0.104 e. The van der Waals surface area contributed by atoms with Crippen molar-refractivity contribution in [2.45, 2.75) is 24.7 Å². The molecule has 24 heavy (non-hydrogen) atoms. The van der Waals surface area contributed by atoms with E-state index in [2.05, 4.69) is 60.7 Å². The van der Waals surface area contributed by atoms with Gasteiger partial charge in [0.05, 0.1) is 14.2 Å². The first-order chi connectivity index (χ1) is 11.8. The number of methoxy groups -OCH3 is 2. The zero-order chi connectivity index (χ0) is 16.5. The molecule has 2 aliphatic rings. The molecule has 2 atom stereocenters. The van der Waals surface area contributed by atoms with Gasteiger partial charge in [-0.05, 0) is 47.2 Å². The number of rotatable bonds is 5. The number of hydrogen-bond donors (Lipinski definition) is 0. The highest BCUT2D eigenvalue weighted by Gasteiger charge is 2.30. The van der Waals surface area contributed by atoms with Crippen LogP contribution in [0.5, 0.6) is 0 Å². The number of fused-ring (bicyclic) bond motifs is 2. The van der Waals surface area contributed by atoms with Gasteiger partial charge in [-0.3, -0.25) is 0 Å². The van der Waals surface area contributed by atoms with Crippen molar-refractivity contribution in [3.05, 3.63) is 82.3 Å². The summed E-state index contributed by atoms with van der Waals surface area (Å²) >= 11 is 0. The van der Waals surface area contributed by atoms with Crippen LogP contribution in [0.15, 0.2) is 60.0 Å². The van der Waals surface area contributed by atoms with E-state index in [-0.39, 0.29) is 0 Å². The summed E-state index contributed by atoms with van der Waals surface area (Å²) in [4.78, 5) is 0. The van der Waals surface area contributed by atoms with Gasteiger partial charge in [0, 0.05) is 11.8 Å². The average molecular weight is 318 g/mol. The minimum Gasteiger partial charge on any atom is -0.500 e. The molecule has 0 heterocycles. The van der Waals surface area contributed by atoms with Crippen molar-refractivity contribution < 1.29 is 9.47 Å². The van der Waals surface area contributed by atoms with E-state index in [9.17, 15) is 0 Å². The van der Waals surface area contributed by atoms with Crippen LogP contribution in [0.25, 0.3) is 12.2 Å². The summed E-state index contributed by atoms with van der Waals surface area (Å²) in [6.45, 7) is 0. The third kappa shape index (κ3) is 2.43. The van der Waals surface area contributed by atoms with Crippen molar-refractivity contribution in [1.82, 2.24) is 0 Å². The van der Waals surface area contributed by atoms with E-state index in [4.69, 9.17) is 9.47 Å². The largest absolute Gasteiger partial charge is 0.500 e. The van der Waals surface area contributed by atoms with Crippen LogP contribution >= 0.6 is 0 Å². The SMILES string of the molecule is COC1=Cc2ccccc2[C@H]1CC[C@H]1C(OC)=Cc2ccccc21. The summed E-state index contributed by atoms with van der Waals surface area (Å²) in [5.41, 5.74) is 5.33. The number of hydrogen-bond acceptors (Lipinski definition) is 2. The van der Waals surface area contributed by atoms with Crippen molar-refractivity contribution in [3.8, 4) is 0 Å². The van der Waals surface area contributed by atoms with Gasteiger partial charge < -0.3 is 9.47 Å². The average Bonchev–Trinajstić information content (AvgIpc) is 3.17. The predicted octanol–water partition coefficient (Wildman–Crippen LogP) is 5.34. The number of allylic oxidation sites excluding steroid dienone is 2. The lowest BCUT2D eigenvalue weighted by Gasteiger charge is -2.20. The van der Waals surface area contributed by atoms with Crippen LogP contribution in [0.2, 0.25) is 0 Å². The van der Waals surface area contributed by atoms with Crippen LogP contribution in [-0.4, -0.2) is 14.2 Å². The molecule has 2 nitrogen and oxygen atoms in total. The Bertz CT molecular complexity index is 747. The molecule has 4 rings (SSSR count). The van der Waals surface area contributed by atoms with Crippen LogP contribution < -0.4 is 0 Å². The molecular weight excluding hydrogens is 296 g/mol. The number of ether oxygens (including phenoxy) is 2. The van der Waals surface area contributed by atoms with Crippen LogP contribution in [0.1, 0.15) is 46.9 Å². The van der Waals surface area contributed by atoms with E-state index in [1.165, 1.54) is 22.3 Å². The second-order valence-corrected chi connectivity index (χ2v) is 6.44. The fraction of sp³-hybridized carbons (Fsp3) is 0.273. The fourth-order valence-corrected chi connectivity index (χ4v) is 4.06. The van der Waals surface area contributed by atoms with E-state index in [1.54, 1.807) is 14.2 Å². The monoisotopic (exact) mass is 318 g/mol. The first-order valence-electron chi connectivity index (χ1n) is 8.51. The van der Waals surface area contributed by atoms with Crippen molar-refractivity contribution >= 4 is 12.2 Å². The normalized spacial score (nSPS) is 20.9. The smallest absolute Gasteiger partial charge is 0.104 e. The molecule has 122 valence electrons. The molecule has 0 spiro atoms. The zero-order valence-corrected chi connectivity index (χ0v) is 14.2. The van der Waals surface area contributed by atoms with Gasteiger partial charge in [-0.25, -0.2) is 0 Å². The third-order valence-corrected chi connectivity index (χ3v) is 5.24. The molecule has 2 heteroatoms. The zero-order valence-electron chi connectivity index (χ0n) is 14.2. The van der Waals surface area contributed by atoms with Gasteiger partial charge in [0.1, 0.15) is 11.5 Å². The summed E-state index contributed by atoms with van der Waals surface area (Å²) in [5.74, 6) is 2.84. The van der Waals surface area contributed by atoms with Crippen LogP contribution in [0.4, 0.5) is 0 Å². The number of benzene rings is 2. The van der Waals surface area contributed by atoms with Crippen molar-refractivity contribution in [2.24, 2.45) is 0 Å². The highest BCUT2D eigenvalue weighted by molar-refractivity contribution is 5.66. The Morgan fingerprint density at radius 3 is 1.50 bits per heavy atom. The van der Waals surface area contributed by atoms with E-state index in [1.807, 2.05) is 0 Å². The maximum atomic E-state index is 5.66. The molecule has 2 aromatic carbocycles. The molecule has 0 saturated heterocycles. The predicted molar refractivity (Wildman–Crippen MR) is 97.6 cm³/mol. The van der Waals surface area contributed by atoms with Gasteiger partial charge in [0.25, 0.3) is 0 Å². The Morgan fingerprint density at radius 1 is 0.667 bits per heavy atom. The molecule has 0 unspecified atom stereocenters. The molecular formula is C22H22O2. The standard InChI is InChI=1S/C22H22O2/c1-23-21-13-15-7-3-5-9-17(15)19(21)11-12-20-18-10-6-4-8-16(18)14-22(20)24-2/h3-10,13-14,19-20H,11-12H2,1-2H3/t19-,20-/m1/s1. The maximum absolute atomic E-state index is 5.66. The van der Waals surface area contributed by atoms with Crippen molar-refractivity contribution in [1.29, 1.82) is 0 Å². The first kappa shape index (κ1) is 15.1. The Labute approximate surface area is 143 Å². The second kappa shape index (κ2) is 6.20. The van der Waals surface area contributed by atoms with Crippen LogP contribution in [0, 0.1) is 0 Å². The lowest BCUT2D eigenvalue weighted by atomic mass is 9.88. The molecule has 0 N–H and O–H groups in total. The van der Waals surface area contributed by atoms with Gasteiger partial charge in [-0.2, -0.15) is 0 Å². The quantitative estimate of drug-likeness (QED) is 0.741. The minimum absolute atomic E-state index is 0.345. The Morgan fingerprint density at radius 2 is 1.08 bits per heavy atom. The Hall–Kier alpha value is -2.48. The molecule has 2 aromatic rings. The van der Waals surface area contributed by atoms with Gasteiger partial charge in [0.2, 0.25) is 0 Å². The minimum atomic E-state index is 0.345. The summed E-state index contributed by atoms with van der Waals surface area (Å²) in [5, 5.41) is 0. The summed E-state index contributed by atoms with van der Waals surface area (Å²) in [6, 6.07) is 17.2. The summed E-state index contributed by atoms with van der Waals surface area (Å²) < 4.78 is 11.3. The molecule has 0 radical (unpaired) electrons. The lowest BCUT2D eigenvalue weighted by Crippen LogP contribution is -2.06. The van der Waals surface area contributed by atoms with Crippen molar-refractivity contribution in [3.63, 3.8) is 0 Å². The molecule has 0 fully saturated rings. The van der Waals surface area contributed by atoms with E-state index in [0.29, 0.717) is 11.8 Å². The lowest BCUT2D eigenvalue weighted by molar-refractivity contribution is 0.252. The second-order valence-electron chi connectivity index (χ2n) is 6.44. The van der Waals surface area contributed by atoms with E-state index < -0.39 is 0 Å². The van der Waals surface area contributed by atoms with E-state index >= 15 is 0 Å². The summed E-state index contributed by atoms with van der Waals surface area (Å²) in [7, 11) is 3.55. The highest BCUT2D eigenvalue weighted by Crippen LogP contribution is 2.45. The van der Waals surface area contributed by atoms with Crippen molar-refractivity contribution in [2.75, 3.05) is 14.2 Å². The molecule has 2 aliphatic carbocycles. The highest BCUT2D eigenvalue weighted by atomic mass is 16.5. The van der Waals surface area contributed by atoms with Crippen LogP contribution in [-0.2, 0) is 9.47 Å². The molecule has 0 saturated carbocycles. The van der Waals surface area contributed by atoms with Gasteiger partial charge >= 0.3 is 0 Å². The first-order valence-corrected chi connectivity index (χ1v) is 8.51. The van der Waals surface area contributed by atoms with Gasteiger partial charge in [0.15, 0.2) is 0 Å². The molecule has 0 aromatic heterocycles. The van der Waals surface area contributed by atoms with Gasteiger partial charge in [-0.15, -0.1) is 0 Å². The topological polar surface area (TPSA) is 18.5 Å².